The van der Waals surface area contributed by atoms with E-state index in [4.69, 9.17) is 0 Å². The molecule has 2 nitrogen and oxygen atoms in total. The second-order valence-electron chi connectivity index (χ2n) is 15.0. The summed E-state index contributed by atoms with van der Waals surface area (Å²) in [6, 6.07) is 30.3. The van der Waals surface area contributed by atoms with E-state index in [1.807, 2.05) is 0 Å². The van der Waals surface area contributed by atoms with Crippen LogP contribution in [0.15, 0.2) is 84.9 Å². The first-order valence-corrected chi connectivity index (χ1v) is 20.8. The molecule has 0 fully saturated rings. The fourth-order valence-corrected chi connectivity index (χ4v) is 8.08. The number of phenols is 2. The van der Waals surface area contributed by atoms with Crippen LogP contribution in [0.1, 0.15) is 187 Å². The van der Waals surface area contributed by atoms with E-state index in [0.717, 1.165) is 60.8 Å². The van der Waals surface area contributed by atoms with Crippen LogP contribution < -0.4 is 0 Å². The van der Waals surface area contributed by atoms with Crippen molar-refractivity contribution in [2.24, 2.45) is 0 Å². The minimum atomic E-state index is 0.120. The molecule has 4 aromatic carbocycles. The van der Waals surface area contributed by atoms with Gasteiger partial charge in [0.25, 0.3) is 0 Å². The highest BCUT2D eigenvalue weighted by molar-refractivity contribution is 5.55. The standard InChI is InChI=1S/C49H68O2/c1-5-9-11-13-15-17-21-27-38-33-42(48(50)46(35-38)44(7-3)40-29-23-19-24-30-40)37-43-34-39(28-22-18-16-14-12-10-6-2)36-47(49(43)51)45(8-4)41-31-25-20-26-32-41/h19-20,23-26,29-36,44-45,50-51H,5-18,21-22,27-28,37H2,1-4H3. The van der Waals surface area contributed by atoms with Gasteiger partial charge in [-0.05, 0) is 71.9 Å². The summed E-state index contributed by atoms with van der Waals surface area (Å²) in [4.78, 5) is 0. The summed E-state index contributed by atoms with van der Waals surface area (Å²) >= 11 is 0. The fourth-order valence-electron chi connectivity index (χ4n) is 8.08. The first-order valence-electron chi connectivity index (χ1n) is 20.8. The zero-order chi connectivity index (χ0) is 36.3. The normalized spacial score (nSPS) is 12.6. The number of hydrogen-bond acceptors (Lipinski definition) is 2. The van der Waals surface area contributed by atoms with Gasteiger partial charge in [-0.25, -0.2) is 0 Å². The second-order valence-corrected chi connectivity index (χ2v) is 15.0. The summed E-state index contributed by atoms with van der Waals surface area (Å²) in [6.07, 6.45) is 22.3. The minimum Gasteiger partial charge on any atom is -0.507 e. The van der Waals surface area contributed by atoms with E-state index in [9.17, 15) is 10.2 Å². The molecule has 0 spiro atoms. The molecule has 0 amide bonds. The number of aryl methyl sites for hydroxylation is 2. The first kappa shape index (κ1) is 40.3. The molecule has 0 aliphatic rings. The van der Waals surface area contributed by atoms with Gasteiger partial charge in [0.2, 0.25) is 0 Å². The monoisotopic (exact) mass is 689 g/mol. The van der Waals surface area contributed by atoms with Crippen molar-refractivity contribution in [1.29, 1.82) is 0 Å². The predicted octanol–water partition coefficient (Wildman–Crippen LogP) is 14.4. The molecule has 4 rings (SSSR count). The van der Waals surface area contributed by atoms with Gasteiger partial charge in [0.1, 0.15) is 11.5 Å². The molecular formula is C49H68O2. The molecule has 276 valence electrons. The first-order chi connectivity index (χ1) is 25.0. The molecular weight excluding hydrogens is 621 g/mol. The Morgan fingerprint density at radius 2 is 0.784 bits per heavy atom. The summed E-state index contributed by atoms with van der Waals surface area (Å²) in [7, 11) is 0. The maximum atomic E-state index is 12.1. The van der Waals surface area contributed by atoms with E-state index >= 15 is 0 Å². The van der Waals surface area contributed by atoms with Gasteiger partial charge in [0, 0.05) is 29.4 Å². The van der Waals surface area contributed by atoms with E-state index < -0.39 is 0 Å². The molecule has 2 atom stereocenters. The van der Waals surface area contributed by atoms with E-state index in [0.29, 0.717) is 17.9 Å². The van der Waals surface area contributed by atoms with E-state index in [-0.39, 0.29) is 11.8 Å². The van der Waals surface area contributed by atoms with E-state index in [1.54, 1.807) is 0 Å². The van der Waals surface area contributed by atoms with Gasteiger partial charge < -0.3 is 10.2 Å². The number of rotatable bonds is 24. The lowest BCUT2D eigenvalue weighted by molar-refractivity contribution is 0.450. The molecule has 4 aromatic rings. The van der Waals surface area contributed by atoms with Gasteiger partial charge in [-0.15, -0.1) is 0 Å². The topological polar surface area (TPSA) is 40.5 Å². The van der Waals surface area contributed by atoms with Crippen molar-refractivity contribution in [3.05, 3.63) is 129 Å². The average molecular weight is 689 g/mol. The zero-order valence-electron chi connectivity index (χ0n) is 32.6. The molecule has 0 saturated carbocycles. The van der Waals surface area contributed by atoms with Crippen LogP contribution in [-0.4, -0.2) is 10.2 Å². The number of benzene rings is 4. The highest BCUT2D eigenvalue weighted by Gasteiger charge is 2.23. The molecule has 0 radical (unpaired) electrons. The zero-order valence-corrected chi connectivity index (χ0v) is 32.6. The molecule has 0 heterocycles. The van der Waals surface area contributed by atoms with Gasteiger partial charge in [-0.3, -0.25) is 0 Å². The Morgan fingerprint density at radius 3 is 1.14 bits per heavy atom. The Bertz CT molecular complexity index is 1420. The Labute approximate surface area is 311 Å². The molecule has 0 bridgehead atoms. The van der Waals surface area contributed by atoms with Crippen molar-refractivity contribution in [3.63, 3.8) is 0 Å². The Kier molecular flexibility index (Phi) is 17.7. The smallest absolute Gasteiger partial charge is 0.122 e. The molecule has 0 aromatic heterocycles. The number of phenolic OH excluding ortho intramolecular Hbond substituents is 2. The van der Waals surface area contributed by atoms with Crippen LogP contribution in [0.3, 0.4) is 0 Å². The Balaban J connectivity index is 1.69. The molecule has 2 heteroatoms. The van der Waals surface area contributed by atoms with E-state index in [2.05, 4.69) is 113 Å². The summed E-state index contributed by atoms with van der Waals surface area (Å²) < 4.78 is 0. The minimum absolute atomic E-state index is 0.120. The highest BCUT2D eigenvalue weighted by atomic mass is 16.3. The number of hydrogen-bond donors (Lipinski definition) is 2. The van der Waals surface area contributed by atoms with Crippen LogP contribution in [-0.2, 0) is 19.3 Å². The quantitative estimate of drug-likeness (QED) is 0.0719. The Hall–Kier alpha value is -3.52. The van der Waals surface area contributed by atoms with Crippen LogP contribution in [0.2, 0.25) is 0 Å². The lowest BCUT2D eigenvalue weighted by Crippen LogP contribution is -2.06. The third-order valence-electron chi connectivity index (χ3n) is 11.0. The molecule has 2 unspecified atom stereocenters. The SMILES string of the molecule is CCCCCCCCCc1cc(Cc2cc(CCCCCCCCC)cc(C(CC)c3ccccc3)c2O)c(O)c(C(CC)c2ccccc2)c1. The summed E-state index contributed by atoms with van der Waals surface area (Å²) in [5.41, 5.74) is 8.99. The lowest BCUT2D eigenvalue weighted by atomic mass is 9.83. The largest absolute Gasteiger partial charge is 0.507 e. The number of unbranched alkanes of at least 4 members (excludes halogenated alkanes) is 12. The molecule has 2 N–H and O–H groups in total. The van der Waals surface area contributed by atoms with Crippen molar-refractivity contribution in [3.8, 4) is 11.5 Å². The lowest BCUT2D eigenvalue weighted by Gasteiger charge is -2.23. The van der Waals surface area contributed by atoms with Crippen molar-refractivity contribution in [1.82, 2.24) is 0 Å². The molecule has 0 aliphatic heterocycles. The van der Waals surface area contributed by atoms with Crippen molar-refractivity contribution >= 4 is 0 Å². The maximum absolute atomic E-state index is 12.1. The third kappa shape index (κ3) is 12.3. The molecule has 51 heavy (non-hydrogen) atoms. The van der Waals surface area contributed by atoms with Crippen molar-refractivity contribution in [2.75, 3.05) is 0 Å². The highest BCUT2D eigenvalue weighted by Crippen LogP contribution is 2.41. The van der Waals surface area contributed by atoms with E-state index in [1.165, 1.54) is 99.3 Å². The summed E-state index contributed by atoms with van der Waals surface area (Å²) in [5, 5.41) is 24.1. The number of aromatic hydroxyl groups is 2. The van der Waals surface area contributed by atoms with Crippen LogP contribution in [0.4, 0.5) is 0 Å². The van der Waals surface area contributed by atoms with Crippen molar-refractivity contribution in [2.45, 2.75) is 162 Å². The Morgan fingerprint density at radius 1 is 0.431 bits per heavy atom. The predicted molar refractivity (Wildman–Crippen MR) is 220 cm³/mol. The van der Waals surface area contributed by atoms with Gasteiger partial charge in [-0.2, -0.15) is 0 Å². The maximum Gasteiger partial charge on any atom is 0.122 e. The van der Waals surface area contributed by atoms with Crippen LogP contribution in [0.5, 0.6) is 11.5 Å². The summed E-state index contributed by atoms with van der Waals surface area (Å²) in [6.45, 7) is 8.99. The van der Waals surface area contributed by atoms with Crippen LogP contribution in [0, 0.1) is 0 Å². The van der Waals surface area contributed by atoms with Gasteiger partial charge in [-0.1, -0.05) is 190 Å². The van der Waals surface area contributed by atoms with Gasteiger partial charge in [0.15, 0.2) is 0 Å². The van der Waals surface area contributed by atoms with Crippen LogP contribution in [0.25, 0.3) is 0 Å². The molecule has 0 aliphatic carbocycles. The fraction of sp³-hybridized carbons (Fsp3) is 0.510. The molecule has 0 saturated heterocycles. The summed E-state index contributed by atoms with van der Waals surface area (Å²) in [5.74, 6) is 1.02. The van der Waals surface area contributed by atoms with Crippen molar-refractivity contribution < 1.29 is 10.2 Å². The third-order valence-corrected chi connectivity index (χ3v) is 11.0. The van der Waals surface area contributed by atoms with Gasteiger partial charge >= 0.3 is 0 Å². The van der Waals surface area contributed by atoms with Crippen LogP contribution >= 0.6 is 0 Å². The van der Waals surface area contributed by atoms with Gasteiger partial charge in [0.05, 0.1) is 0 Å². The second kappa shape index (κ2) is 22.4. The average Bonchev–Trinajstić information content (AvgIpc) is 3.15.